The van der Waals surface area contributed by atoms with Gasteiger partial charge in [0.25, 0.3) is 11.8 Å². The summed E-state index contributed by atoms with van der Waals surface area (Å²) >= 11 is 1.52. The van der Waals surface area contributed by atoms with Gasteiger partial charge in [-0.05, 0) is 63.1 Å². The van der Waals surface area contributed by atoms with Gasteiger partial charge in [-0.2, -0.15) is 5.26 Å². The number of nitrogens with zero attached hydrogens (tertiary/aromatic N) is 1. The number of carbonyl (C=O) groups excluding carboxylic acids is 2. The van der Waals surface area contributed by atoms with Crippen LogP contribution in [0.1, 0.15) is 45.5 Å². The standard InChI is InChI=1S/C23H28N4O2S/c1-14-9-15(2)22(16(3)10-14)25-20(28)12-27(4)13-21(29)26-23-18(11-24)17-7-5-6-8-19(17)30-23/h9-10H,5-8,12-13H2,1-4H3,(H,25,28)(H,26,29)/p+1. The molecule has 0 aliphatic heterocycles. The number of carbonyl (C=O) groups is 2. The monoisotopic (exact) mass is 425 g/mol. The molecule has 30 heavy (non-hydrogen) atoms. The molecule has 0 spiro atoms. The van der Waals surface area contributed by atoms with Crippen LogP contribution in [-0.4, -0.2) is 32.0 Å². The Balaban J connectivity index is 1.57. The first-order chi connectivity index (χ1) is 14.3. The molecule has 2 aromatic rings. The average molecular weight is 426 g/mol. The molecule has 7 heteroatoms. The van der Waals surface area contributed by atoms with Crippen LogP contribution >= 0.6 is 11.3 Å². The van der Waals surface area contributed by atoms with Crippen molar-refractivity contribution in [3.8, 4) is 6.07 Å². The Kier molecular flexibility index (Phi) is 6.91. The molecule has 0 radical (unpaired) electrons. The number of thiophene rings is 1. The van der Waals surface area contributed by atoms with Crippen LogP contribution in [0.2, 0.25) is 0 Å². The van der Waals surface area contributed by atoms with Gasteiger partial charge in [-0.25, -0.2) is 0 Å². The Morgan fingerprint density at radius 1 is 1.07 bits per heavy atom. The molecule has 0 saturated heterocycles. The molecule has 1 aromatic carbocycles. The Bertz CT molecular complexity index is 996. The normalized spacial score (nSPS) is 13.8. The maximum Gasteiger partial charge on any atom is 0.280 e. The zero-order valence-corrected chi connectivity index (χ0v) is 18.9. The lowest BCUT2D eigenvalue weighted by Gasteiger charge is -2.16. The molecule has 1 aliphatic rings. The summed E-state index contributed by atoms with van der Waals surface area (Å²) in [5.41, 5.74) is 5.78. The number of quaternary nitrogens is 1. The average Bonchev–Trinajstić information content (AvgIpc) is 3.01. The van der Waals surface area contributed by atoms with Crippen LogP contribution in [0.25, 0.3) is 0 Å². The SMILES string of the molecule is Cc1cc(C)c(NC(=O)C[NH+](C)CC(=O)Nc2sc3c(c2C#N)CCCC3)c(C)c1. The minimum absolute atomic E-state index is 0.125. The molecule has 1 aliphatic carbocycles. The third kappa shape index (κ3) is 5.07. The fourth-order valence-electron chi connectivity index (χ4n) is 4.11. The summed E-state index contributed by atoms with van der Waals surface area (Å²) in [4.78, 5) is 27.0. The number of nitriles is 1. The van der Waals surface area contributed by atoms with Gasteiger partial charge in [0.2, 0.25) is 0 Å². The van der Waals surface area contributed by atoms with E-state index in [9.17, 15) is 14.9 Å². The van der Waals surface area contributed by atoms with Crippen LogP contribution < -0.4 is 15.5 Å². The summed E-state index contributed by atoms with van der Waals surface area (Å²) in [5, 5.41) is 16.1. The van der Waals surface area contributed by atoms with Gasteiger partial charge >= 0.3 is 0 Å². The van der Waals surface area contributed by atoms with Crippen molar-refractivity contribution in [2.24, 2.45) is 0 Å². The van der Waals surface area contributed by atoms with E-state index in [0.717, 1.165) is 58.5 Å². The van der Waals surface area contributed by atoms with E-state index in [-0.39, 0.29) is 24.9 Å². The summed E-state index contributed by atoms with van der Waals surface area (Å²) in [7, 11) is 1.82. The Labute approximate surface area is 181 Å². The van der Waals surface area contributed by atoms with Crippen LogP contribution in [0.4, 0.5) is 10.7 Å². The van der Waals surface area contributed by atoms with E-state index in [1.807, 2.05) is 40.0 Å². The molecular formula is C23H29N4O2S+. The van der Waals surface area contributed by atoms with Crippen LogP contribution in [0.15, 0.2) is 12.1 Å². The number of hydrogen-bond acceptors (Lipinski definition) is 4. The molecule has 2 amide bonds. The molecule has 0 fully saturated rings. The Morgan fingerprint density at radius 3 is 2.30 bits per heavy atom. The predicted octanol–water partition coefficient (Wildman–Crippen LogP) is 2.52. The number of rotatable bonds is 6. The number of anilines is 2. The highest BCUT2D eigenvalue weighted by molar-refractivity contribution is 7.16. The quantitative estimate of drug-likeness (QED) is 0.665. The van der Waals surface area contributed by atoms with E-state index in [2.05, 4.69) is 16.7 Å². The van der Waals surface area contributed by atoms with Gasteiger partial charge in [0.15, 0.2) is 13.1 Å². The number of likely N-dealkylation sites (N-methyl/N-ethyl adjacent to an activating group) is 1. The van der Waals surface area contributed by atoms with Crippen molar-refractivity contribution in [3.63, 3.8) is 0 Å². The number of amides is 2. The molecular weight excluding hydrogens is 396 g/mol. The second-order valence-corrected chi connectivity index (χ2v) is 9.31. The number of fused-ring (bicyclic) bond motifs is 1. The van der Waals surface area contributed by atoms with Gasteiger partial charge in [0, 0.05) is 10.6 Å². The molecule has 3 N–H and O–H groups in total. The van der Waals surface area contributed by atoms with Crippen molar-refractivity contribution in [2.45, 2.75) is 46.5 Å². The van der Waals surface area contributed by atoms with Crippen molar-refractivity contribution in [1.82, 2.24) is 0 Å². The molecule has 6 nitrogen and oxygen atoms in total. The van der Waals surface area contributed by atoms with E-state index in [1.54, 1.807) is 0 Å². The number of nitrogens with one attached hydrogen (secondary N) is 3. The van der Waals surface area contributed by atoms with Crippen LogP contribution in [-0.2, 0) is 22.4 Å². The first-order valence-corrected chi connectivity index (χ1v) is 11.1. The first kappa shape index (κ1) is 22.0. The molecule has 1 aromatic heterocycles. The molecule has 3 rings (SSSR count). The van der Waals surface area contributed by atoms with Crippen LogP contribution in [0, 0.1) is 32.1 Å². The maximum absolute atomic E-state index is 12.5. The fourth-order valence-corrected chi connectivity index (χ4v) is 5.37. The van der Waals surface area contributed by atoms with Gasteiger partial charge in [-0.15, -0.1) is 11.3 Å². The molecule has 1 atom stereocenters. The molecule has 1 heterocycles. The number of aryl methyl sites for hydroxylation is 4. The number of benzene rings is 1. The van der Waals surface area contributed by atoms with Crippen molar-refractivity contribution in [1.29, 1.82) is 5.26 Å². The summed E-state index contributed by atoms with van der Waals surface area (Å²) < 4.78 is 0. The van der Waals surface area contributed by atoms with Gasteiger partial charge < -0.3 is 15.5 Å². The lowest BCUT2D eigenvalue weighted by Crippen LogP contribution is -3.11. The second-order valence-electron chi connectivity index (χ2n) is 8.21. The predicted molar refractivity (Wildman–Crippen MR) is 120 cm³/mol. The van der Waals surface area contributed by atoms with E-state index >= 15 is 0 Å². The largest absolute Gasteiger partial charge is 0.322 e. The summed E-state index contributed by atoms with van der Waals surface area (Å²) in [6.07, 6.45) is 4.11. The van der Waals surface area contributed by atoms with E-state index in [1.165, 1.54) is 16.2 Å². The summed E-state index contributed by atoms with van der Waals surface area (Å²) in [6, 6.07) is 6.34. The zero-order valence-electron chi connectivity index (χ0n) is 18.1. The third-order valence-corrected chi connectivity index (χ3v) is 6.61. The van der Waals surface area contributed by atoms with E-state index in [0.29, 0.717) is 10.6 Å². The molecule has 0 saturated carbocycles. The van der Waals surface area contributed by atoms with Crippen molar-refractivity contribution in [2.75, 3.05) is 30.8 Å². The minimum Gasteiger partial charge on any atom is -0.322 e. The van der Waals surface area contributed by atoms with Gasteiger partial charge in [0.1, 0.15) is 11.1 Å². The lowest BCUT2D eigenvalue weighted by atomic mass is 9.96. The van der Waals surface area contributed by atoms with Crippen molar-refractivity contribution < 1.29 is 14.5 Å². The van der Waals surface area contributed by atoms with E-state index < -0.39 is 0 Å². The van der Waals surface area contributed by atoms with Gasteiger partial charge in [0.05, 0.1) is 12.6 Å². The summed E-state index contributed by atoms with van der Waals surface area (Å²) in [5.74, 6) is -0.308. The molecule has 0 bridgehead atoms. The van der Waals surface area contributed by atoms with Gasteiger partial charge in [-0.3, -0.25) is 9.59 Å². The second kappa shape index (κ2) is 9.41. The molecule has 1 unspecified atom stereocenters. The third-order valence-electron chi connectivity index (χ3n) is 5.40. The molecule has 158 valence electrons. The van der Waals surface area contributed by atoms with Gasteiger partial charge in [-0.1, -0.05) is 17.7 Å². The highest BCUT2D eigenvalue weighted by atomic mass is 32.1. The smallest absolute Gasteiger partial charge is 0.280 e. The summed E-state index contributed by atoms with van der Waals surface area (Å²) in [6.45, 7) is 6.34. The topological polar surface area (TPSA) is 86.4 Å². The fraction of sp³-hybridized carbons (Fsp3) is 0.435. The zero-order chi connectivity index (χ0) is 21.8. The Morgan fingerprint density at radius 2 is 1.67 bits per heavy atom. The lowest BCUT2D eigenvalue weighted by molar-refractivity contribution is -0.862. The Hall–Kier alpha value is -2.69. The number of hydrogen-bond donors (Lipinski definition) is 3. The minimum atomic E-state index is -0.182. The highest BCUT2D eigenvalue weighted by Gasteiger charge is 2.23. The van der Waals surface area contributed by atoms with E-state index in [4.69, 9.17) is 0 Å². The van der Waals surface area contributed by atoms with Crippen molar-refractivity contribution >= 4 is 33.8 Å². The first-order valence-electron chi connectivity index (χ1n) is 10.3. The highest BCUT2D eigenvalue weighted by Crippen LogP contribution is 2.37. The maximum atomic E-state index is 12.5. The van der Waals surface area contributed by atoms with Crippen LogP contribution in [0.5, 0.6) is 0 Å². The van der Waals surface area contributed by atoms with Crippen LogP contribution in [0.3, 0.4) is 0 Å². The van der Waals surface area contributed by atoms with Crippen molar-refractivity contribution in [3.05, 3.63) is 44.8 Å².